The summed E-state index contributed by atoms with van der Waals surface area (Å²) in [6.45, 7) is 4.28. The molecule has 0 unspecified atom stereocenters. The average Bonchev–Trinajstić information content (AvgIpc) is 3.25. The molecule has 0 atom stereocenters. The second-order valence-electron chi connectivity index (χ2n) is 7.78. The van der Waals surface area contributed by atoms with Crippen LogP contribution < -0.4 is 10.6 Å². The van der Waals surface area contributed by atoms with Gasteiger partial charge in [0.05, 0.1) is 26.7 Å². The first-order valence-electron chi connectivity index (χ1n) is 10.7. The fourth-order valence-electron chi connectivity index (χ4n) is 3.09. The van der Waals surface area contributed by atoms with E-state index in [0.29, 0.717) is 5.92 Å². The summed E-state index contributed by atoms with van der Waals surface area (Å²) in [6, 6.07) is 19.2. The standard InChI is InChI=1S/C25H24N4O2S3/c1-16(2)17-6-8-18(9-7-17)27-23(31)15-33-25-29-20-11-10-19(13-21(20)34-25)28-22(30)14-32-24-5-3-4-12-26-24/h3-13,16H,14-15H2,1-2H3,(H,27,31)(H,28,30). The molecule has 2 heterocycles. The van der Waals surface area contributed by atoms with E-state index in [0.717, 1.165) is 31.0 Å². The largest absolute Gasteiger partial charge is 0.325 e. The quantitative estimate of drug-likeness (QED) is 0.259. The molecular formula is C25H24N4O2S3. The van der Waals surface area contributed by atoms with E-state index in [1.807, 2.05) is 60.7 Å². The summed E-state index contributed by atoms with van der Waals surface area (Å²) in [7, 11) is 0. The van der Waals surface area contributed by atoms with Crippen LogP contribution in [-0.4, -0.2) is 33.3 Å². The highest BCUT2D eigenvalue weighted by molar-refractivity contribution is 8.01. The van der Waals surface area contributed by atoms with Gasteiger partial charge in [-0.1, -0.05) is 55.6 Å². The van der Waals surface area contributed by atoms with Gasteiger partial charge in [-0.3, -0.25) is 9.59 Å². The molecule has 9 heteroatoms. The van der Waals surface area contributed by atoms with Gasteiger partial charge in [0.2, 0.25) is 11.8 Å². The Morgan fingerprint density at radius 1 is 0.912 bits per heavy atom. The number of benzene rings is 2. The zero-order valence-corrected chi connectivity index (χ0v) is 21.2. The van der Waals surface area contributed by atoms with E-state index in [4.69, 9.17) is 0 Å². The van der Waals surface area contributed by atoms with Crippen LogP contribution in [0.5, 0.6) is 0 Å². The number of carbonyl (C=O) groups is 2. The monoisotopic (exact) mass is 508 g/mol. The summed E-state index contributed by atoms with van der Waals surface area (Å²) in [5.41, 5.74) is 3.60. The van der Waals surface area contributed by atoms with Gasteiger partial charge in [-0.05, 0) is 53.9 Å². The van der Waals surface area contributed by atoms with Crippen LogP contribution in [0, 0.1) is 0 Å². The molecule has 0 saturated heterocycles. The van der Waals surface area contributed by atoms with Crippen molar-refractivity contribution < 1.29 is 9.59 Å². The number of hydrogen-bond donors (Lipinski definition) is 2. The number of nitrogens with zero attached hydrogens (tertiary/aromatic N) is 2. The number of aromatic nitrogens is 2. The number of carbonyl (C=O) groups excluding carboxylic acids is 2. The van der Waals surface area contributed by atoms with Gasteiger partial charge in [0.25, 0.3) is 0 Å². The third-order valence-corrected chi connectivity index (χ3v) is 7.93. The molecule has 6 nitrogen and oxygen atoms in total. The maximum atomic E-state index is 12.4. The fourth-order valence-corrected chi connectivity index (χ4v) is 5.66. The van der Waals surface area contributed by atoms with Crippen molar-refractivity contribution in [2.24, 2.45) is 0 Å². The number of rotatable bonds is 9. The molecule has 2 aromatic heterocycles. The number of fused-ring (bicyclic) bond motifs is 1. The lowest BCUT2D eigenvalue weighted by atomic mass is 10.0. The molecule has 4 rings (SSSR count). The summed E-state index contributed by atoms with van der Waals surface area (Å²) < 4.78 is 1.77. The average molecular weight is 509 g/mol. The molecule has 0 fully saturated rings. The van der Waals surface area contributed by atoms with Crippen molar-refractivity contribution in [2.45, 2.75) is 29.1 Å². The first-order valence-corrected chi connectivity index (χ1v) is 13.5. The van der Waals surface area contributed by atoms with Crippen LogP contribution in [0.3, 0.4) is 0 Å². The smallest absolute Gasteiger partial charge is 0.234 e. The Morgan fingerprint density at radius 2 is 1.62 bits per heavy atom. The summed E-state index contributed by atoms with van der Waals surface area (Å²) in [6.07, 6.45) is 1.71. The van der Waals surface area contributed by atoms with Crippen molar-refractivity contribution in [3.8, 4) is 0 Å². The summed E-state index contributed by atoms with van der Waals surface area (Å²) in [5, 5.41) is 6.67. The molecule has 34 heavy (non-hydrogen) atoms. The van der Waals surface area contributed by atoms with Gasteiger partial charge < -0.3 is 10.6 Å². The molecule has 0 aliphatic rings. The lowest BCUT2D eigenvalue weighted by Crippen LogP contribution is -2.13. The highest BCUT2D eigenvalue weighted by atomic mass is 32.2. The van der Waals surface area contributed by atoms with Gasteiger partial charge in [0.1, 0.15) is 0 Å². The highest BCUT2D eigenvalue weighted by Crippen LogP contribution is 2.31. The first kappa shape index (κ1) is 24.3. The number of thioether (sulfide) groups is 2. The lowest BCUT2D eigenvalue weighted by Gasteiger charge is -2.08. The first-order chi connectivity index (χ1) is 16.5. The van der Waals surface area contributed by atoms with Crippen LogP contribution >= 0.6 is 34.9 Å². The third kappa shape index (κ3) is 6.82. The fraction of sp³-hybridized carbons (Fsp3) is 0.200. The molecular weight excluding hydrogens is 485 g/mol. The Balaban J connectivity index is 1.29. The van der Waals surface area contributed by atoms with Gasteiger partial charge in [-0.15, -0.1) is 11.3 Å². The van der Waals surface area contributed by atoms with Crippen LogP contribution in [0.15, 0.2) is 76.2 Å². The lowest BCUT2D eigenvalue weighted by molar-refractivity contribution is -0.114. The Hall–Kier alpha value is -2.88. The molecule has 2 amide bonds. The van der Waals surface area contributed by atoms with Crippen LogP contribution in [0.2, 0.25) is 0 Å². The van der Waals surface area contributed by atoms with E-state index in [9.17, 15) is 9.59 Å². The Kier molecular flexibility index (Phi) is 8.21. The highest BCUT2D eigenvalue weighted by Gasteiger charge is 2.11. The van der Waals surface area contributed by atoms with Crippen LogP contribution in [0.1, 0.15) is 25.3 Å². The van der Waals surface area contributed by atoms with E-state index >= 15 is 0 Å². The number of anilines is 2. The van der Waals surface area contributed by atoms with Crippen LogP contribution in [0.4, 0.5) is 11.4 Å². The predicted molar refractivity (Wildman–Crippen MR) is 143 cm³/mol. The molecule has 174 valence electrons. The molecule has 0 saturated carbocycles. The van der Waals surface area contributed by atoms with E-state index in [1.54, 1.807) is 6.20 Å². The number of hydrogen-bond acceptors (Lipinski definition) is 7. The van der Waals surface area contributed by atoms with Gasteiger partial charge >= 0.3 is 0 Å². The summed E-state index contributed by atoms with van der Waals surface area (Å²) in [4.78, 5) is 33.4. The maximum absolute atomic E-state index is 12.4. The molecule has 0 aliphatic carbocycles. The molecule has 2 N–H and O–H groups in total. The molecule has 4 aromatic rings. The molecule has 0 bridgehead atoms. The Morgan fingerprint density at radius 3 is 2.32 bits per heavy atom. The molecule has 0 radical (unpaired) electrons. The minimum Gasteiger partial charge on any atom is -0.325 e. The SMILES string of the molecule is CC(C)c1ccc(NC(=O)CSc2nc3ccc(NC(=O)CSc4ccccn4)cc3s2)cc1. The second-order valence-corrected chi connectivity index (χ2v) is 11.0. The van der Waals surface area contributed by atoms with Gasteiger partial charge in [-0.2, -0.15) is 0 Å². The summed E-state index contributed by atoms with van der Waals surface area (Å²) >= 11 is 4.31. The number of amides is 2. The van der Waals surface area contributed by atoms with E-state index in [2.05, 4.69) is 34.4 Å². The Bertz CT molecular complexity index is 1270. The second kappa shape index (κ2) is 11.5. The van der Waals surface area contributed by atoms with Crippen molar-refractivity contribution in [3.05, 3.63) is 72.4 Å². The third-order valence-electron chi connectivity index (χ3n) is 4.83. The number of nitrogens with one attached hydrogen (secondary N) is 2. The van der Waals surface area contributed by atoms with E-state index < -0.39 is 0 Å². The van der Waals surface area contributed by atoms with Gasteiger partial charge in [0, 0.05) is 17.6 Å². The summed E-state index contributed by atoms with van der Waals surface area (Å²) in [5.74, 6) is 0.861. The van der Waals surface area contributed by atoms with Crippen LogP contribution in [0.25, 0.3) is 10.2 Å². The maximum Gasteiger partial charge on any atom is 0.234 e. The van der Waals surface area contributed by atoms with Crippen molar-refractivity contribution >= 4 is 68.3 Å². The molecule has 0 spiro atoms. The van der Waals surface area contributed by atoms with Crippen molar-refractivity contribution in [1.29, 1.82) is 0 Å². The van der Waals surface area contributed by atoms with Gasteiger partial charge in [0.15, 0.2) is 4.34 Å². The van der Waals surface area contributed by atoms with Crippen molar-refractivity contribution in [3.63, 3.8) is 0 Å². The number of thiazole rings is 1. The normalized spacial score (nSPS) is 11.0. The zero-order valence-electron chi connectivity index (χ0n) is 18.8. The van der Waals surface area contributed by atoms with Crippen molar-refractivity contribution in [2.75, 3.05) is 22.1 Å². The molecule has 0 aliphatic heterocycles. The minimum atomic E-state index is -0.0905. The number of pyridine rings is 1. The Labute approximate surface area is 211 Å². The minimum absolute atomic E-state index is 0.0695. The van der Waals surface area contributed by atoms with E-state index in [1.165, 1.54) is 40.4 Å². The topological polar surface area (TPSA) is 84.0 Å². The van der Waals surface area contributed by atoms with Crippen LogP contribution in [-0.2, 0) is 9.59 Å². The van der Waals surface area contributed by atoms with Gasteiger partial charge in [-0.25, -0.2) is 9.97 Å². The molecule has 2 aromatic carbocycles. The van der Waals surface area contributed by atoms with Crippen molar-refractivity contribution in [1.82, 2.24) is 9.97 Å². The zero-order chi connectivity index (χ0) is 23.9. The predicted octanol–water partition coefficient (Wildman–Crippen LogP) is 6.28. The van der Waals surface area contributed by atoms with E-state index in [-0.39, 0.29) is 23.3 Å².